The second-order valence-corrected chi connectivity index (χ2v) is 3.01. The molecule has 0 aliphatic carbocycles. The number of carbonyl (C=O) groups excluding carboxylic acids is 1. The maximum atomic E-state index is 11.0. The summed E-state index contributed by atoms with van der Waals surface area (Å²) in [6.07, 6.45) is 5.38. The van der Waals surface area contributed by atoms with Gasteiger partial charge in [0.25, 0.3) is 0 Å². The zero-order valence-corrected chi connectivity index (χ0v) is 9.17. The zero-order valence-electron chi connectivity index (χ0n) is 7.59. The lowest BCUT2D eigenvalue weighted by Gasteiger charge is -1.93. The molecule has 0 unspecified atom stereocenters. The highest BCUT2D eigenvalue weighted by atomic mass is 79.9. The number of ketones is 1. The van der Waals surface area contributed by atoms with E-state index < -0.39 is 0 Å². The number of rotatable bonds is 5. The van der Waals surface area contributed by atoms with Gasteiger partial charge in [0.15, 0.2) is 5.78 Å². The molecule has 0 aliphatic rings. The van der Waals surface area contributed by atoms with Crippen molar-refractivity contribution in [1.82, 2.24) is 0 Å². The minimum absolute atomic E-state index is 0.0828. The minimum Gasteiger partial charge on any atom is -0.508 e. The molecular weight excluding hydrogens is 232 g/mol. The van der Waals surface area contributed by atoms with Crippen LogP contribution in [0.2, 0.25) is 0 Å². The fraction of sp³-hybridized carbons (Fsp3) is 0.300. The summed E-state index contributed by atoms with van der Waals surface area (Å²) in [5.41, 5.74) is 0.382. The monoisotopic (exact) mass is 244 g/mol. The van der Waals surface area contributed by atoms with Crippen LogP contribution in [0.4, 0.5) is 0 Å². The van der Waals surface area contributed by atoms with Crippen molar-refractivity contribution in [3.63, 3.8) is 0 Å². The Kier molecular flexibility index (Phi) is 6.24. The van der Waals surface area contributed by atoms with Crippen LogP contribution in [0.5, 0.6) is 0 Å². The van der Waals surface area contributed by atoms with Gasteiger partial charge in [0.05, 0.1) is 5.33 Å². The lowest BCUT2D eigenvalue weighted by Crippen LogP contribution is -1.99. The van der Waals surface area contributed by atoms with Crippen LogP contribution in [0.1, 0.15) is 13.3 Å². The van der Waals surface area contributed by atoms with Gasteiger partial charge in [0.1, 0.15) is 5.76 Å². The molecule has 0 amide bonds. The molecule has 0 fully saturated rings. The van der Waals surface area contributed by atoms with Crippen LogP contribution in [-0.4, -0.2) is 16.2 Å². The predicted octanol–water partition coefficient (Wildman–Crippen LogP) is 2.91. The van der Waals surface area contributed by atoms with Crippen molar-refractivity contribution in [3.8, 4) is 0 Å². The summed E-state index contributed by atoms with van der Waals surface area (Å²) in [5, 5.41) is 9.42. The Morgan fingerprint density at radius 3 is 2.62 bits per heavy atom. The maximum Gasteiger partial charge on any atom is 0.172 e. The summed E-state index contributed by atoms with van der Waals surface area (Å²) in [6.45, 7) is 5.47. The SMILES string of the molecule is C=C(/C=C\C(O)=C/CC)C(=O)CBr. The van der Waals surface area contributed by atoms with Gasteiger partial charge < -0.3 is 5.11 Å². The molecule has 0 atom stereocenters. The number of hydrogen-bond acceptors (Lipinski definition) is 2. The highest BCUT2D eigenvalue weighted by Gasteiger charge is 1.99. The Morgan fingerprint density at radius 1 is 1.54 bits per heavy atom. The van der Waals surface area contributed by atoms with Crippen LogP contribution in [0.25, 0.3) is 0 Å². The largest absolute Gasteiger partial charge is 0.508 e. The van der Waals surface area contributed by atoms with Gasteiger partial charge in [-0.25, -0.2) is 0 Å². The van der Waals surface area contributed by atoms with Crippen molar-refractivity contribution >= 4 is 21.7 Å². The second kappa shape index (κ2) is 6.66. The van der Waals surface area contributed by atoms with Gasteiger partial charge >= 0.3 is 0 Å². The van der Waals surface area contributed by atoms with E-state index in [9.17, 15) is 4.79 Å². The number of aliphatic hydroxyl groups excluding tert-OH is 1. The molecule has 0 heterocycles. The number of alkyl halides is 1. The molecule has 0 saturated heterocycles. The summed E-state index contributed by atoms with van der Waals surface area (Å²) in [7, 11) is 0. The predicted molar refractivity (Wildman–Crippen MR) is 58.1 cm³/mol. The van der Waals surface area contributed by atoms with Crippen LogP contribution in [0.3, 0.4) is 0 Å². The molecule has 0 aromatic rings. The van der Waals surface area contributed by atoms with Crippen molar-refractivity contribution in [2.45, 2.75) is 13.3 Å². The van der Waals surface area contributed by atoms with E-state index in [4.69, 9.17) is 5.11 Å². The molecule has 0 bridgehead atoms. The molecule has 0 radical (unpaired) electrons. The van der Waals surface area contributed by atoms with E-state index in [1.807, 2.05) is 6.92 Å². The summed E-state index contributed by atoms with van der Waals surface area (Å²) in [5.74, 6) is 0.0755. The van der Waals surface area contributed by atoms with Gasteiger partial charge in [0, 0.05) is 5.57 Å². The number of aliphatic hydroxyl groups is 1. The van der Waals surface area contributed by atoms with E-state index in [-0.39, 0.29) is 16.9 Å². The number of allylic oxidation sites excluding steroid dienone is 4. The summed E-state index contributed by atoms with van der Waals surface area (Å²) < 4.78 is 0. The fourth-order valence-corrected chi connectivity index (χ4v) is 1.00. The first kappa shape index (κ1) is 12.2. The van der Waals surface area contributed by atoms with Crippen molar-refractivity contribution in [3.05, 3.63) is 36.1 Å². The van der Waals surface area contributed by atoms with Gasteiger partial charge in [-0.05, 0) is 24.6 Å². The van der Waals surface area contributed by atoms with E-state index in [0.29, 0.717) is 5.57 Å². The van der Waals surface area contributed by atoms with Crippen molar-refractivity contribution < 1.29 is 9.90 Å². The number of hydrogen-bond donors (Lipinski definition) is 1. The first-order chi connectivity index (χ1) is 6.11. The van der Waals surface area contributed by atoms with Gasteiger partial charge in [0.2, 0.25) is 0 Å². The van der Waals surface area contributed by atoms with Crippen LogP contribution in [0.15, 0.2) is 36.1 Å². The normalized spacial score (nSPS) is 12.0. The summed E-state index contributed by atoms with van der Waals surface area (Å²) in [6, 6.07) is 0. The third-order valence-electron chi connectivity index (χ3n) is 1.35. The Morgan fingerprint density at radius 2 is 2.15 bits per heavy atom. The van der Waals surface area contributed by atoms with Gasteiger partial charge in [-0.3, -0.25) is 4.79 Å². The number of Topliss-reactive ketones (excluding diaryl/α,β-unsaturated/α-hetero) is 1. The zero-order chi connectivity index (χ0) is 10.3. The highest BCUT2D eigenvalue weighted by molar-refractivity contribution is 9.09. The molecule has 3 heteroatoms. The Labute approximate surface area is 86.8 Å². The number of carbonyl (C=O) groups is 1. The molecule has 0 spiro atoms. The van der Waals surface area contributed by atoms with E-state index in [0.717, 1.165) is 6.42 Å². The van der Waals surface area contributed by atoms with E-state index in [2.05, 4.69) is 22.5 Å². The van der Waals surface area contributed by atoms with E-state index in [1.54, 1.807) is 6.08 Å². The molecule has 13 heavy (non-hydrogen) atoms. The topological polar surface area (TPSA) is 37.3 Å². The Hall–Kier alpha value is -0.830. The van der Waals surface area contributed by atoms with E-state index >= 15 is 0 Å². The standard InChI is InChI=1S/C10H13BrO2/c1-3-4-9(12)6-5-8(2)10(13)7-11/h4-6,12H,2-3,7H2,1H3/b6-5-,9-4+. The smallest absolute Gasteiger partial charge is 0.172 e. The van der Waals surface area contributed by atoms with Crippen molar-refractivity contribution in [2.24, 2.45) is 0 Å². The van der Waals surface area contributed by atoms with Crippen molar-refractivity contribution in [1.29, 1.82) is 0 Å². The lowest BCUT2D eigenvalue weighted by atomic mass is 10.2. The molecule has 0 aromatic heterocycles. The fourth-order valence-electron chi connectivity index (χ4n) is 0.642. The second-order valence-electron chi connectivity index (χ2n) is 2.45. The van der Waals surface area contributed by atoms with Gasteiger partial charge in [-0.1, -0.05) is 29.4 Å². The Bertz CT molecular complexity index is 252. The van der Waals surface area contributed by atoms with Crippen LogP contribution >= 0.6 is 15.9 Å². The molecule has 0 rings (SSSR count). The molecule has 1 N–H and O–H groups in total. The highest BCUT2D eigenvalue weighted by Crippen LogP contribution is 2.01. The molecule has 2 nitrogen and oxygen atoms in total. The quantitative estimate of drug-likeness (QED) is 0.350. The Balaban J connectivity index is 4.20. The summed E-state index contributed by atoms with van der Waals surface area (Å²) in [4.78, 5) is 11.0. The van der Waals surface area contributed by atoms with Crippen molar-refractivity contribution in [2.75, 3.05) is 5.33 Å². The molecule has 72 valence electrons. The van der Waals surface area contributed by atoms with Crippen LogP contribution in [0, 0.1) is 0 Å². The molecule has 0 aromatic carbocycles. The van der Waals surface area contributed by atoms with Crippen LogP contribution in [-0.2, 0) is 4.79 Å². The summed E-state index contributed by atoms with van der Waals surface area (Å²) >= 11 is 3.03. The minimum atomic E-state index is -0.0828. The first-order valence-corrected chi connectivity index (χ1v) is 5.09. The van der Waals surface area contributed by atoms with E-state index in [1.165, 1.54) is 12.2 Å². The third-order valence-corrected chi connectivity index (χ3v) is 1.86. The lowest BCUT2D eigenvalue weighted by molar-refractivity contribution is -0.112. The first-order valence-electron chi connectivity index (χ1n) is 3.97. The molecular formula is C10H13BrO2. The van der Waals surface area contributed by atoms with Gasteiger partial charge in [-0.2, -0.15) is 0 Å². The molecule has 0 aliphatic heterocycles. The third kappa shape index (κ3) is 5.42. The maximum absolute atomic E-state index is 11.0. The average Bonchev–Trinajstić information content (AvgIpc) is 2.13. The molecule has 0 saturated carbocycles. The van der Waals surface area contributed by atoms with Crippen LogP contribution < -0.4 is 0 Å². The average molecular weight is 245 g/mol. The number of halogens is 1. The van der Waals surface area contributed by atoms with Gasteiger partial charge in [-0.15, -0.1) is 0 Å².